The van der Waals surface area contributed by atoms with Crippen molar-refractivity contribution in [2.75, 3.05) is 26.8 Å². The van der Waals surface area contributed by atoms with Crippen LogP contribution in [0.25, 0.3) is 0 Å². The summed E-state index contributed by atoms with van der Waals surface area (Å²) in [5.74, 6) is 0.391. The van der Waals surface area contributed by atoms with E-state index in [0.717, 1.165) is 25.7 Å². The quantitative estimate of drug-likeness (QED) is 0.704. The van der Waals surface area contributed by atoms with E-state index < -0.39 is 5.54 Å². The van der Waals surface area contributed by atoms with Crippen LogP contribution in [-0.4, -0.2) is 49.1 Å². The Bertz CT molecular complexity index is 341. The molecule has 0 aromatic carbocycles. The van der Waals surface area contributed by atoms with Gasteiger partial charge in [-0.2, -0.15) is 0 Å². The molecule has 2 aliphatic rings. The van der Waals surface area contributed by atoms with Gasteiger partial charge in [-0.25, -0.2) is 0 Å². The lowest BCUT2D eigenvalue weighted by atomic mass is 9.89. The minimum absolute atomic E-state index is 0.0105. The van der Waals surface area contributed by atoms with Crippen LogP contribution in [0.3, 0.4) is 0 Å². The van der Waals surface area contributed by atoms with E-state index in [2.05, 4.69) is 5.32 Å². The average molecular weight is 254 g/mol. The number of piperazine rings is 1. The minimum atomic E-state index is -0.623. The zero-order valence-electron chi connectivity index (χ0n) is 11.2. The molecule has 5 nitrogen and oxygen atoms in total. The van der Waals surface area contributed by atoms with E-state index in [1.54, 1.807) is 12.0 Å². The summed E-state index contributed by atoms with van der Waals surface area (Å²) in [7, 11) is 1.67. The van der Waals surface area contributed by atoms with Gasteiger partial charge in [0, 0.05) is 20.3 Å². The first-order valence-electron chi connectivity index (χ1n) is 6.68. The molecule has 0 bridgehead atoms. The molecule has 1 heterocycles. The highest BCUT2D eigenvalue weighted by Crippen LogP contribution is 2.44. The summed E-state index contributed by atoms with van der Waals surface area (Å²) in [6, 6.07) is 0. The van der Waals surface area contributed by atoms with Crippen molar-refractivity contribution in [1.82, 2.24) is 10.2 Å². The molecule has 18 heavy (non-hydrogen) atoms. The smallest absolute Gasteiger partial charge is 0.246 e. The molecule has 1 unspecified atom stereocenters. The van der Waals surface area contributed by atoms with Crippen LogP contribution < -0.4 is 5.32 Å². The first-order valence-corrected chi connectivity index (χ1v) is 6.68. The number of carbonyl (C=O) groups excluding carboxylic acids is 2. The van der Waals surface area contributed by atoms with Crippen LogP contribution in [0.15, 0.2) is 0 Å². The maximum Gasteiger partial charge on any atom is 0.246 e. The highest BCUT2D eigenvalue weighted by Gasteiger charge is 2.54. The summed E-state index contributed by atoms with van der Waals surface area (Å²) >= 11 is 0. The summed E-state index contributed by atoms with van der Waals surface area (Å²) in [4.78, 5) is 25.9. The molecule has 102 valence electrons. The number of hydrogen-bond donors (Lipinski definition) is 1. The van der Waals surface area contributed by atoms with Crippen molar-refractivity contribution in [2.24, 2.45) is 5.92 Å². The maximum absolute atomic E-state index is 12.1. The molecule has 0 aromatic heterocycles. The van der Waals surface area contributed by atoms with Crippen molar-refractivity contribution in [3.8, 4) is 0 Å². The van der Waals surface area contributed by atoms with Crippen LogP contribution in [-0.2, 0) is 14.3 Å². The van der Waals surface area contributed by atoms with E-state index in [9.17, 15) is 9.59 Å². The zero-order valence-corrected chi connectivity index (χ0v) is 11.2. The molecule has 1 saturated heterocycles. The summed E-state index contributed by atoms with van der Waals surface area (Å²) in [5.41, 5.74) is -0.623. The molecule has 0 radical (unpaired) electrons. The van der Waals surface area contributed by atoms with Gasteiger partial charge in [-0.05, 0) is 38.5 Å². The normalized spacial score (nSPS) is 28.4. The number of unbranched alkanes of at least 4 members (excludes halogenated alkanes) is 1. The van der Waals surface area contributed by atoms with Crippen molar-refractivity contribution < 1.29 is 14.3 Å². The van der Waals surface area contributed by atoms with Crippen LogP contribution in [0.4, 0.5) is 0 Å². The molecule has 1 saturated carbocycles. The predicted octanol–water partition coefficient (Wildman–Crippen LogP) is 0.540. The fraction of sp³-hybridized carbons (Fsp3) is 0.846. The standard InChI is InChI=1S/C13H22N2O3/c1-13(10-5-6-10)12(17)14-9-11(16)15(13)7-3-4-8-18-2/h10H,3-9H2,1-2H3,(H,14,17). The van der Waals surface area contributed by atoms with Crippen LogP contribution in [0.1, 0.15) is 32.6 Å². The third-order valence-electron chi connectivity index (χ3n) is 4.07. The first-order chi connectivity index (χ1) is 8.60. The van der Waals surface area contributed by atoms with Gasteiger partial charge in [0.15, 0.2) is 0 Å². The van der Waals surface area contributed by atoms with E-state index in [-0.39, 0.29) is 18.4 Å². The van der Waals surface area contributed by atoms with Crippen LogP contribution in [0.5, 0.6) is 0 Å². The number of nitrogens with zero attached hydrogens (tertiary/aromatic N) is 1. The second-order valence-electron chi connectivity index (χ2n) is 5.35. The van der Waals surface area contributed by atoms with Crippen LogP contribution in [0, 0.1) is 5.92 Å². The molecule has 2 rings (SSSR count). The average Bonchev–Trinajstić information content (AvgIpc) is 3.17. The Morgan fingerprint density at radius 2 is 2.11 bits per heavy atom. The molecule has 1 atom stereocenters. The van der Waals surface area contributed by atoms with E-state index >= 15 is 0 Å². The summed E-state index contributed by atoms with van der Waals surface area (Å²) in [5, 5.41) is 2.72. The van der Waals surface area contributed by atoms with Crippen LogP contribution in [0.2, 0.25) is 0 Å². The lowest BCUT2D eigenvalue weighted by molar-refractivity contribution is -0.154. The molecule has 1 aliphatic carbocycles. The van der Waals surface area contributed by atoms with Crippen molar-refractivity contribution >= 4 is 11.8 Å². The number of ether oxygens (including phenoxy) is 1. The Kier molecular flexibility index (Phi) is 3.90. The van der Waals surface area contributed by atoms with Gasteiger partial charge in [0.25, 0.3) is 0 Å². The predicted molar refractivity (Wildman–Crippen MR) is 67.0 cm³/mol. The number of rotatable bonds is 6. The number of nitrogens with one attached hydrogen (secondary N) is 1. The molecule has 2 fully saturated rings. The fourth-order valence-electron chi connectivity index (χ4n) is 2.74. The summed E-state index contributed by atoms with van der Waals surface area (Å²) in [6.07, 6.45) is 3.90. The number of amides is 2. The van der Waals surface area contributed by atoms with Crippen LogP contribution >= 0.6 is 0 Å². The van der Waals surface area contributed by atoms with Gasteiger partial charge in [-0.1, -0.05) is 0 Å². The van der Waals surface area contributed by atoms with E-state index in [1.165, 1.54) is 0 Å². The Morgan fingerprint density at radius 1 is 1.39 bits per heavy atom. The van der Waals surface area contributed by atoms with E-state index in [1.807, 2.05) is 6.92 Å². The van der Waals surface area contributed by atoms with Gasteiger partial charge in [-0.3, -0.25) is 9.59 Å². The maximum atomic E-state index is 12.1. The number of hydrogen-bond acceptors (Lipinski definition) is 3. The largest absolute Gasteiger partial charge is 0.385 e. The first kappa shape index (κ1) is 13.3. The molecular weight excluding hydrogens is 232 g/mol. The molecule has 0 spiro atoms. The van der Waals surface area contributed by atoms with Gasteiger partial charge in [0.1, 0.15) is 5.54 Å². The van der Waals surface area contributed by atoms with E-state index in [0.29, 0.717) is 19.1 Å². The highest BCUT2D eigenvalue weighted by molar-refractivity contribution is 5.98. The molecule has 2 amide bonds. The number of methoxy groups -OCH3 is 1. The van der Waals surface area contributed by atoms with Crippen molar-refractivity contribution in [2.45, 2.75) is 38.1 Å². The molecular formula is C13H22N2O3. The number of carbonyl (C=O) groups is 2. The lowest BCUT2D eigenvalue weighted by Gasteiger charge is -2.44. The molecule has 1 N–H and O–H groups in total. The monoisotopic (exact) mass is 254 g/mol. The molecule has 0 aromatic rings. The topological polar surface area (TPSA) is 58.6 Å². The van der Waals surface area contributed by atoms with Gasteiger partial charge in [0.05, 0.1) is 6.54 Å². The minimum Gasteiger partial charge on any atom is -0.385 e. The van der Waals surface area contributed by atoms with Gasteiger partial charge in [0.2, 0.25) is 11.8 Å². The molecule has 1 aliphatic heterocycles. The third-order valence-corrected chi connectivity index (χ3v) is 4.07. The van der Waals surface area contributed by atoms with Gasteiger partial charge < -0.3 is 15.0 Å². The Balaban J connectivity index is 2.02. The Labute approximate surface area is 108 Å². The van der Waals surface area contributed by atoms with Gasteiger partial charge in [-0.15, -0.1) is 0 Å². The second kappa shape index (κ2) is 5.26. The van der Waals surface area contributed by atoms with E-state index in [4.69, 9.17) is 4.74 Å². The Morgan fingerprint density at radius 3 is 2.72 bits per heavy atom. The fourth-order valence-corrected chi connectivity index (χ4v) is 2.74. The highest BCUT2D eigenvalue weighted by atomic mass is 16.5. The Hall–Kier alpha value is -1.10. The second-order valence-corrected chi connectivity index (χ2v) is 5.35. The lowest BCUT2D eigenvalue weighted by Crippen LogP contribution is -2.67. The zero-order chi connectivity index (χ0) is 13.2. The van der Waals surface area contributed by atoms with Crippen molar-refractivity contribution in [3.63, 3.8) is 0 Å². The summed E-state index contributed by atoms with van der Waals surface area (Å²) < 4.78 is 5.01. The third kappa shape index (κ3) is 2.36. The SMILES string of the molecule is COCCCCN1C(=O)CNC(=O)C1(C)C1CC1. The molecule has 5 heteroatoms. The van der Waals surface area contributed by atoms with Gasteiger partial charge >= 0.3 is 0 Å². The van der Waals surface area contributed by atoms with Crippen molar-refractivity contribution in [3.05, 3.63) is 0 Å². The summed E-state index contributed by atoms with van der Waals surface area (Å²) in [6.45, 7) is 3.41. The van der Waals surface area contributed by atoms with Crippen molar-refractivity contribution in [1.29, 1.82) is 0 Å².